The highest BCUT2D eigenvalue weighted by molar-refractivity contribution is 6.18. The Morgan fingerprint density at radius 2 is 2.38 bits per heavy atom. The van der Waals surface area contributed by atoms with Crippen LogP contribution in [0.15, 0.2) is 36.7 Å². The molecule has 0 saturated heterocycles. The van der Waals surface area contributed by atoms with Crippen LogP contribution in [-0.2, 0) is 6.54 Å². The summed E-state index contributed by atoms with van der Waals surface area (Å²) in [5.74, 6) is 0.578. The number of nitrogens with one attached hydrogen (secondary N) is 1. The van der Waals surface area contributed by atoms with E-state index in [-0.39, 0.29) is 0 Å². The quantitative estimate of drug-likeness (QED) is 0.443. The molecule has 13 heavy (non-hydrogen) atoms. The fourth-order valence-electron chi connectivity index (χ4n) is 0.949. The molecule has 70 valence electrons. The van der Waals surface area contributed by atoms with E-state index in [1.54, 1.807) is 6.20 Å². The molecule has 0 amide bonds. The molecule has 1 aromatic rings. The summed E-state index contributed by atoms with van der Waals surface area (Å²) >= 11 is 5.47. The highest BCUT2D eigenvalue weighted by Gasteiger charge is 1.88. The van der Waals surface area contributed by atoms with Crippen LogP contribution in [0.3, 0.4) is 0 Å². The maximum atomic E-state index is 5.47. The van der Waals surface area contributed by atoms with E-state index in [0.717, 1.165) is 13.1 Å². The molecule has 0 fully saturated rings. The average molecular weight is 197 g/mol. The van der Waals surface area contributed by atoms with Gasteiger partial charge in [0.05, 0.1) is 0 Å². The SMILES string of the molecule is ClC/C=C/CNCc1cccnc1. The molecule has 1 aromatic heterocycles. The molecule has 1 rings (SSSR count). The molecule has 0 spiro atoms. The van der Waals surface area contributed by atoms with Crippen molar-refractivity contribution in [2.45, 2.75) is 6.54 Å². The van der Waals surface area contributed by atoms with E-state index < -0.39 is 0 Å². The molecule has 0 aliphatic carbocycles. The molecule has 3 heteroatoms. The van der Waals surface area contributed by atoms with Gasteiger partial charge in [0.25, 0.3) is 0 Å². The lowest BCUT2D eigenvalue weighted by Gasteiger charge is -1.99. The summed E-state index contributed by atoms with van der Waals surface area (Å²) < 4.78 is 0. The minimum absolute atomic E-state index is 0.578. The van der Waals surface area contributed by atoms with Crippen molar-refractivity contribution in [3.8, 4) is 0 Å². The molecule has 0 aliphatic rings. The zero-order valence-corrected chi connectivity index (χ0v) is 8.17. The number of hydrogen-bond acceptors (Lipinski definition) is 2. The number of aromatic nitrogens is 1. The molecule has 0 aromatic carbocycles. The molecule has 2 nitrogen and oxygen atoms in total. The first-order chi connectivity index (χ1) is 6.43. The molecular formula is C10H13ClN2. The molecule has 0 bridgehead atoms. The van der Waals surface area contributed by atoms with E-state index in [1.165, 1.54) is 5.56 Å². The van der Waals surface area contributed by atoms with Crippen LogP contribution < -0.4 is 5.32 Å². The third-order valence-electron chi connectivity index (χ3n) is 1.57. The first-order valence-corrected chi connectivity index (χ1v) is 4.77. The van der Waals surface area contributed by atoms with Crippen molar-refractivity contribution in [1.29, 1.82) is 0 Å². The Morgan fingerprint density at radius 1 is 1.46 bits per heavy atom. The second-order valence-corrected chi connectivity index (χ2v) is 2.93. The van der Waals surface area contributed by atoms with Gasteiger partial charge in [-0.2, -0.15) is 0 Å². The topological polar surface area (TPSA) is 24.9 Å². The van der Waals surface area contributed by atoms with Crippen LogP contribution in [0.5, 0.6) is 0 Å². The van der Waals surface area contributed by atoms with Crippen LogP contribution in [0.4, 0.5) is 0 Å². The van der Waals surface area contributed by atoms with Crippen LogP contribution in [0.25, 0.3) is 0 Å². The van der Waals surface area contributed by atoms with Crippen LogP contribution in [0, 0.1) is 0 Å². The third-order valence-corrected chi connectivity index (χ3v) is 1.75. The maximum Gasteiger partial charge on any atom is 0.0404 e. The number of alkyl halides is 1. The predicted molar refractivity (Wildman–Crippen MR) is 55.8 cm³/mol. The molecule has 0 unspecified atom stereocenters. The van der Waals surface area contributed by atoms with Gasteiger partial charge in [-0.25, -0.2) is 0 Å². The molecule has 0 saturated carbocycles. The van der Waals surface area contributed by atoms with E-state index in [4.69, 9.17) is 11.6 Å². The lowest BCUT2D eigenvalue weighted by Crippen LogP contribution is -2.12. The van der Waals surface area contributed by atoms with Crippen molar-refractivity contribution in [3.05, 3.63) is 42.2 Å². The van der Waals surface area contributed by atoms with Crippen molar-refractivity contribution in [2.75, 3.05) is 12.4 Å². The third kappa shape index (κ3) is 4.65. The van der Waals surface area contributed by atoms with Gasteiger partial charge in [0.1, 0.15) is 0 Å². The number of allylic oxidation sites excluding steroid dienone is 1. The Balaban J connectivity index is 2.17. The zero-order valence-electron chi connectivity index (χ0n) is 7.41. The minimum Gasteiger partial charge on any atom is -0.309 e. The molecule has 1 heterocycles. The van der Waals surface area contributed by atoms with Crippen molar-refractivity contribution < 1.29 is 0 Å². The molecular weight excluding hydrogens is 184 g/mol. The number of rotatable bonds is 5. The summed E-state index contributed by atoms with van der Waals surface area (Å²) in [5.41, 5.74) is 1.20. The Labute approximate surface area is 83.6 Å². The fourth-order valence-corrected chi connectivity index (χ4v) is 1.07. The Kier molecular flexibility index (Phi) is 5.22. The van der Waals surface area contributed by atoms with Crippen LogP contribution >= 0.6 is 11.6 Å². The van der Waals surface area contributed by atoms with E-state index in [0.29, 0.717) is 5.88 Å². The summed E-state index contributed by atoms with van der Waals surface area (Å²) in [7, 11) is 0. The fraction of sp³-hybridized carbons (Fsp3) is 0.300. The first kappa shape index (κ1) is 10.2. The minimum atomic E-state index is 0.578. The Morgan fingerprint density at radius 3 is 3.08 bits per heavy atom. The van der Waals surface area contributed by atoms with E-state index in [9.17, 15) is 0 Å². The van der Waals surface area contributed by atoms with Crippen LogP contribution in [0.2, 0.25) is 0 Å². The van der Waals surface area contributed by atoms with E-state index >= 15 is 0 Å². The Hall–Kier alpha value is -0.860. The summed E-state index contributed by atoms with van der Waals surface area (Å²) in [5, 5.41) is 3.25. The van der Waals surface area contributed by atoms with Crippen LogP contribution in [-0.4, -0.2) is 17.4 Å². The average Bonchev–Trinajstić information content (AvgIpc) is 2.19. The number of hydrogen-bond donors (Lipinski definition) is 1. The molecule has 0 atom stereocenters. The highest BCUT2D eigenvalue weighted by Crippen LogP contribution is 1.93. The van der Waals surface area contributed by atoms with Crippen molar-refractivity contribution in [1.82, 2.24) is 10.3 Å². The highest BCUT2D eigenvalue weighted by atomic mass is 35.5. The summed E-state index contributed by atoms with van der Waals surface area (Å²) in [4.78, 5) is 4.02. The second kappa shape index (κ2) is 6.63. The van der Waals surface area contributed by atoms with Gasteiger partial charge in [0, 0.05) is 31.4 Å². The monoisotopic (exact) mass is 196 g/mol. The van der Waals surface area contributed by atoms with Gasteiger partial charge in [-0.05, 0) is 11.6 Å². The van der Waals surface area contributed by atoms with E-state index in [2.05, 4.69) is 10.3 Å². The number of pyridine rings is 1. The van der Waals surface area contributed by atoms with Gasteiger partial charge in [0.2, 0.25) is 0 Å². The van der Waals surface area contributed by atoms with Crippen molar-refractivity contribution >= 4 is 11.6 Å². The predicted octanol–water partition coefficient (Wildman–Crippen LogP) is 1.97. The standard InChI is InChI=1S/C10H13ClN2/c11-5-1-2-6-12-8-10-4-3-7-13-9-10/h1-4,7,9,12H,5-6,8H2/b2-1+. The molecule has 1 N–H and O–H groups in total. The van der Waals surface area contributed by atoms with Crippen molar-refractivity contribution in [2.24, 2.45) is 0 Å². The number of nitrogens with zero attached hydrogens (tertiary/aromatic N) is 1. The summed E-state index contributed by atoms with van der Waals surface area (Å²) in [6.45, 7) is 1.70. The molecule has 0 aliphatic heterocycles. The smallest absolute Gasteiger partial charge is 0.0404 e. The van der Waals surface area contributed by atoms with Crippen LogP contribution in [0.1, 0.15) is 5.56 Å². The Bertz CT molecular complexity index is 246. The van der Waals surface area contributed by atoms with E-state index in [1.807, 2.05) is 30.5 Å². The lowest BCUT2D eigenvalue weighted by molar-refractivity contribution is 0.756. The van der Waals surface area contributed by atoms with Crippen molar-refractivity contribution in [3.63, 3.8) is 0 Å². The van der Waals surface area contributed by atoms with Gasteiger partial charge >= 0.3 is 0 Å². The summed E-state index contributed by atoms with van der Waals surface area (Å²) in [6, 6.07) is 3.98. The first-order valence-electron chi connectivity index (χ1n) is 4.24. The largest absolute Gasteiger partial charge is 0.309 e. The molecule has 0 radical (unpaired) electrons. The second-order valence-electron chi connectivity index (χ2n) is 2.62. The maximum absolute atomic E-state index is 5.47. The number of halogens is 1. The lowest BCUT2D eigenvalue weighted by atomic mass is 10.3. The van der Waals surface area contributed by atoms with Gasteiger partial charge in [-0.3, -0.25) is 4.98 Å². The van der Waals surface area contributed by atoms with Gasteiger partial charge < -0.3 is 5.32 Å². The summed E-state index contributed by atoms with van der Waals surface area (Å²) in [6.07, 6.45) is 7.58. The van der Waals surface area contributed by atoms with Gasteiger partial charge in [-0.15, -0.1) is 11.6 Å². The normalized spacial score (nSPS) is 10.8. The van der Waals surface area contributed by atoms with Gasteiger partial charge in [0.15, 0.2) is 0 Å². The van der Waals surface area contributed by atoms with Gasteiger partial charge in [-0.1, -0.05) is 18.2 Å². The zero-order chi connectivity index (χ0) is 9.36.